The van der Waals surface area contributed by atoms with Crippen LogP contribution in [0.1, 0.15) is 10.5 Å². The summed E-state index contributed by atoms with van der Waals surface area (Å²) in [5.74, 6) is -1.01. The van der Waals surface area contributed by atoms with E-state index in [0.717, 1.165) is 0 Å². The fourth-order valence-corrected chi connectivity index (χ4v) is 0.379. The summed E-state index contributed by atoms with van der Waals surface area (Å²) in [7, 11) is 0. The van der Waals surface area contributed by atoms with E-state index >= 15 is 0 Å². The van der Waals surface area contributed by atoms with Gasteiger partial charge in [0.2, 0.25) is 0 Å². The molecule has 3 N–H and O–H groups in total. The van der Waals surface area contributed by atoms with E-state index in [-0.39, 0.29) is 28.1 Å². The minimum atomic E-state index is -1.50. The largest absolute Gasteiger partial charge is 0.476 e. The fourth-order valence-electron chi connectivity index (χ4n) is 0.379. The van der Waals surface area contributed by atoms with Crippen molar-refractivity contribution in [2.45, 2.75) is 0 Å². The monoisotopic (exact) mass is 282 g/mol. The van der Waals surface area contributed by atoms with Crippen molar-refractivity contribution in [3.8, 4) is 0 Å². The Labute approximate surface area is 87.2 Å². The van der Waals surface area contributed by atoms with Crippen molar-refractivity contribution in [3.05, 3.63) is 28.1 Å². The average Bonchev–Trinajstić information content (AvgIpc) is 2.34. The van der Waals surface area contributed by atoms with Gasteiger partial charge in [-0.15, -0.1) is 10.1 Å². The average molecular weight is 283 g/mol. The maximum absolute atomic E-state index is 9.98. The molecule has 0 spiro atoms. The molecule has 0 aliphatic heterocycles. The third-order valence-corrected chi connectivity index (χ3v) is 0.720. The minimum Gasteiger partial charge on any atom is -0.476 e. The molecule has 0 aromatic carbocycles. The predicted octanol–water partition coefficient (Wildman–Crippen LogP) is -0.242. The molecule has 0 atom stereocenters. The van der Waals surface area contributed by atoms with Crippen LogP contribution in [0.15, 0.2) is 12.3 Å². The number of aromatic carboxylic acids is 1. The summed E-state index contributed by atoms with van der Waals surface area (Å²) in [4.78, 5) is 18.3. The summed E-state index contributed by atoms with van der Waals surface area (Å²) in [6.45, 7) is 0. The van der Waals surface area contributed by atoms with Crippen molar-refractivity contribution in [1.29, 1.82) is 0 Å². The summed E-state index contributed by atoms with van der Waals surface area (Å²) >= 11 is 0. The van der Waals surface area contributed by atoms with E-state index in [2.05, 4.69) is 10.2 Å². The summed E-state index contributed by atoms with van der Waals surface area (Å²) < 4.78 is 0. The molecule has 0 saturated carbocycles. The number of rotatable bonds is 1. The molecule has 9 heteroatoms. The van der Waals surface area contributed by atoms with Gasteiger partial charge in [0, 0.05) is 28.6 Å². The van der Waals surface area contributed by atoms with Gasteiger partial charge < -0.3 is 10.3 Å². The first-order valence-electron chi connectivity index (χ1n) is 2.60. The molecule has 1 radical (unpaired) electrons. The molecule has 0 unspecified atom stereocenters. The molecular weight excluding hydrogens is 278 g/mol. The van der Waals surface area contributed by atoms with Gasteiger partial charge in [0.25, 0.3) is 5.09 Å². The summed E-state index contributed by atoms with van der Waals surface area (Å²) in [5.41, 5.74) is 0.0463. The van der Waals surface area contributed by atoms with Crippen LogP contribution < -0.4 is 0 Å². The minimum absolute atomic E-state index is 0. The van der Waals surface area contributed by atoms with Gasteiger partial charge in [-0.25, -0.2) is 4.79 Å². The predicted molar refractivity (Wildman–Crippen MR) is 34.3 cm³/mol. The van der Waals surface area contributed by atoms with Gasteiger partial charge in [-0.3, -0.25) is 5.10 Å². The quantitative estimate of drug-likeness (QED) is 0.370. The number of carboxylic acids is 1. The van der Waals surface area contributed by atoms with Crippen LogP contribution in [0.3, 0.4) is 0 Å². The molecule has 1 rings (SSSR count). The number of nitrogens with zero attached hydrogens (tertiary/aromatic N) is 2. The van der Waals surface area contributed by atoms with Gasteiger partial charge in [0.1, 0.15) is 0 Å². The Hall–Kier alpha value is -1.38. The van der Waals surface area contributed by atoms with Gasteiger partial charge in [-0.1, -0.05) is 0 Å². The molecule has 1 heterocycles. The first-order valence-corrected chi connectivity index (χ1v) is 2.60. The zero-order chi connectivity index (χ0) is 9.56. The van der Waals surface area contributed by atoms with Crippen LogP contribution in [0.2, 0.25) is 0 Å². The van der Waals surface area contributed by atoms with Crippen LogP contribution in [0.4, 0.5) is 0 Å². The van der Waals surface area contributed by atoms with Gasteiger partial charge >= 0.3 is 5.97 Å². The topological polar surface area (TPSA) is 129 Å². The number of carboxylic acid groups (broad SMARTS) is 1. The van der Waals surface area contributed by atoms with Crippen LogP contribution >= 0.6 is 0 Å². The Morgan fingerprint density at radius 3 is 2.31 bits per heavy atom. The third kappa shape index (κ3) is 8.53. The fraction of sp³-hybridized carbons (Fsp3) is 0. The number of H-pyrrole nitrogens is 1. The van der Waals surface area contributed by atoms with Gasteiger partial charge in [-0.05, 0) is 6.07 Å². The molecular formula is C4H5AgN3O5. The number of hydrogen-bond donors (Lipinski definition) is 3. The Balaban J connectivity index is 0. The van der Waals surface area contributed by atoms with E-state index in [0.29, 0.717) is 0 Å². The van der Waals surface area contributed by atoms with Crippen LogP contribution in [0.5, 0.6) is 0 Å². The molecule has 0 fully saturated rings. The molecule has 0 aliphatic rings. The molecule has 0 aliphatic carbocycles. The molecule has 77 valence electrons. The zero-order valence-electron chi connectivity index (χ0n) is 5.97. The first kappa shape index (κ1) is 14.2. The Kier molecular flexibility index (Phi) is 7.93. The van der Waals surface area contributed by atoms with Crippen LogP contribution in [0, 0.1) is 10.1 Å². The molecule has 0 saturated heterocycles. The number of aromatic amines is 1. The maximum atomic E-state index is 9.98. The summed E-state index contributed by atoms with van der Waals surface area (Å²) in [5, 5.41) is 27.6. The van der Waals surface area contributed by atoms with Crippen molar-refractivity contribution < 1.29 is 42.6 Å². The molecule has 0 amide bonds. The molecule has 1 aromatic rings. The van der Waals surface area contributed by atoms with E-state index in [9.17, 15) is 4.79 Å². The Morgan fingerprint density at radius 1 is 1.69 bits per heavy atom. The number of aromatic nitrogens is 2. The normalized spacial score (nSPS) is 7.38. The second kappa shape index (κ2) is 7.28. The van der Waals surface area contributed by atoms with E-state index in [1.165, 1.54) is 12.3 Å². The molecule has 13 heavy (non-hydrogen) atoms. The second-order valence-electron chi connectivity index (χ2n) is 1.50. The Morgan fingerprint density at radius 2 is 2.15 bits per heavy atom. The van der Waals surface area contributed by atoms with Crippen LogP contribution in [-0.4, -0.2) is 31.6 Å². The number of carbonyl (C=O) groups is 1. The zero-order valence-corrected chi connectivity index (χ0v) is 7.45. The van der Waals surface area contributed by atoms with Crippen LogP contribution in [-0.2, 0) is 22.4 Å². The Bertz CT molecular complexity index is 257. The number of nitrogens with one attached hydrogen (secondary N) is 1. The van der Waals surface area contributed by atoms with Crippen molar-refractivity contribution in [3.63, 3.8) is 0 Å². The summed E-state index contributed by atoms with van der Waals surface area (Å²) in [6.07, 6.45) is 1.46. The number of hydrogen-bond acceptors (Lipinski definition) is 4. The molecule has 8 nitrogen and oxygen atoms in total. The van der Waals surface area contributed by atoms with E-state index < -0.39 is 11.1 Å². The summed E-state index contributed by atoms with van der Waals surface area (Å²) in [6, 6.07) is 1.39. The first-order chi connectivity index (χ1) is 5.54. The van der Waals surface area contributed by atoms with E-state index in [1.807, 2.05) is 0 Å². The van der Waals surface area contributed by atoms with Gasteiger partial charge in [0.05, 0.1) is 0 Å². The van der Waals surface area contributed by atoms with Crippen molar-refractivity contribution in [2.24, 2.45) is 0 Å². The molecule has 0 bridgehead atoms. The standard InChI is InChI=1S/C4H4N2O2.Ag.HNO3/c7-4(8)3-1-2-5-6-3;;2-1(3)4/h1-2H,(H,5,6)(H,7,8);;(H,2,3,4). The smallest absolute Gasteiger partial charge is 0.356 e. The van der Waals surface area contributed by atoms with Crippen molar-refractivity contribution in [1.82, 2.24) is 10.2 Å². The van der Waals surface area contributed by atoms with E-state index in [1.54, 1.807) is 0 Å². The van der Waals surface area contributed by atoms with E-state index in [4.69, 9.17) is 20.4 Å². The SMILES string of the molecule is O=C(O)c1cc[nH]n1.O=[N+]([O-])O.[Ag]. The molecule has 1 aromatic heterocycles. The third-order valence-electron chi connectivity index (χ3n) is 0.720. The van der Waals surface area contributed by atoms with Crippen molar-refractivity contribution >= 4 is 5.97 Å². The van der Waals surface area contributed by atoms with Gasteiger partial charge in [-0.2, -0.15) is 5.10 Å². The maximum Gasteiger partial charge on any atom is 0.356 e. The second-order valence-corrected chi connectivity index (χ2v) is 1.50. The van der Waals surface area contributed by atoms with Crippen molar-refractivity contribution in [2.75, 3.05) is 0 Å². The van der Waals surface area contributed by atoms with Crippen LogP contribution in [0.25, 0.3) is 0 Å². The van der Waals surface area contributed by atoms with Gasteiger partial charge in [0.15, 0.2) is 5.69 Å².